The lowest BCUT2D eigenvalue weighted by Crippen LogP contribution is -2.31. The van der Waals surface area contributed by atoms with Crippen LogP contribution in [0.25, 0.3) is 0 Å². The maximum Gasteiger partial charge on any atom is 0.102 e. The maximum absolute atomic E-state index is 2.69. The minimum Gasteiger partial charge on any atom is -0.351 e. The Balaban J connectivity index is 1.39. The summed E-state index contributed by atoms with van der Waals surface area (Å²) in [5.74, 6) is 0. The molecular weight excluding hydrogens is 392 g/mol. The molecule has 3 atom stereocenters. The topological polar surface area (TPSA) is 6.48 Å². The molecule has 0 bridgehead atoms. The van der Waals surface area contributed by atoms with Gasteiger partial charge in [-0.2, -0.15) is 0 Å². The molecule has 3 unspecified atom stereocenters. The van der Waals surface area contributed by atoms with Crippen LogP contribution in [0.2, 0.25) is 0 Å². The van der Waals surface area contributed by atoms with Crippen molar-refractivity contribution in [3.8, 4) is 0 Å². The molecule has 2 nitrogen and oxygen atoms in total. The summed E-state index contributed by atoms with van der Waals surface area (Å²) in [6.45, 7) is 4.67. The van der Waals surface area contributed by atoms with Gasteiger partial charge >= 0.3 is 0 Å². The normalized spacial score (nSPS) is 28.2. The number of thioether (sulfide) groups is 2. The first-order valence-electron chi connectivity index (χ1n) is 10.8. The molecule has 0 spiro atoms. The van der Waals surface area contributed by atoms with Gasteiger partial charge in [0.15, 0.2) is 0 Å². The Bertz CT molecular complexity index is 1040. The molecule has 2 aromatic carbocycles. The molecule has 1 saturated heterocycles. The molecule has 2 aromatic rings. The smallest absolute Gasteiger partial charge is 0.102 e. The van der Waals surface area contributed by atoms with Crippen molar-refractivity contribution in [2.75, 3.05) is 9.80 Å². The fraction of sp³-hybridized carbons (Fsp3) is 0.360. The highest BCUT2D eigenvalue weighted by Gasteiger charge is 2.43. The molecule has 6 rings (SSSR count). The summed E-state index contributed by atoms with van der Waals surface area (Å²) in [5.41, 5.74) is 6.03. The second kappa shape index (κ2) is 6.88. The third kappa shape index (κ3) is 2.65. The minimum absolute atomic E-state index is 0.480. The van der Waals surface area contributed by atoms with Crippen molar-refractivity contribution in [3.63, 3.8) is 0 Å². The summed E-state index contributed by atoms with van der Waals surface area (Å²) in [7, 11) is 0. The Labute approximate surface area is 182 Å². The van der Waals surface area contributed by atoms with E-state index in [-0.39, 0.29) is 0 Å². The van der Waals surface area contributed by atoms with Gasteiger partial charge in [-0.1, -0.05) is 67.7 Å². The largest absolute Gasteiger partial charge is 0.351 e. The second-order valence-electron chi connectivity index (χ2n) is 8.37. The molecule has 4 aliphatic rings. The van der Waals surface area contributed by atoms with Gasteiger partial charge in [-0.3, -0.25) is 0 Å². The van der Waals surface area contributed by atoms with Crippen LogP contribution in [0.15, 0.2) is 80.6 Å². The van der Waals surface area contributed by atoms with E-state index in [0.717, 1.165) is 0 Å². The van der Waals surface area contributed by atoms with Crippen molar-refractivity contribution in [2.24, 2.45) is 0 Å². The fourth-order valence-corrected chi connectivity index (χ4v) is 8.00. The Kier molecular flexibility index (Phi) is 4.28. The highest BCUT2D eigenvalue weighted by molar-refractivity contribution is 8.03. The SMILES string of the molecule is CCC1CC(C=C2CC(CC)N3c4ccccc4SC23)=C2Sc3ccccc3N21. The molecular formula is C25H26N2S2. The van der Waals surface area contributed by atoms with Gasteiger partial charge in [0.2, 0.25) is 0 Å². The van der Waals surface area contributed by atoms with Gasteiger partial charge in [0.25, 0.3) is 0 Å². The van der Waals surface area contributed by atoms with E-state index in [0.29, 0.717) is 17.5 Å². The first-order valence-corrected chi connectivity index (χ1v) is 12.5. The molecule has 148 valence electrons. The average molecular weight is 419 g/mol. The molecule has 1 fully saturated rings. The Morgan fingerprint density at radius 2 is 1.62 bits per heavy atom. The summed E-state index contributed by atoms with van der Waals surface area (Å²) in [4.78, 5) is 8.17. The number of rotatable bonds is 3. The van der Waals surface area contributed by atoms with Crippen molar-refractivity contribution in [1.82, 2.24) is 0 Å². The molecule has 0 aliphatic carbocycles. The van der Waals surface area contributed by atoms with E-state index in [2.05, 4.69) is 90.0 Å². The summed E-state index contributed by atoms with van der Waals surface area (Å²) in [5, 5.41) is 1.96. The molecule has 0 saturated carbocycles. The molecule has 0 aromatic heterocycles. The Morgan fingerprint density at radius 3 is 2.41 bits per heavy atom. The molecule has 4 heteroatoms. The van der Waals surface area contributed by atoms with Gasteiger partial charge in [-0.05, 0) is 61.1 Å². The standard InChI is InChI=1S/C25H26N2S2/c1-3-18-14-16(24-26(18)20-9-5-7-11-22(20)28-24)13-17-15-19(4-2)27-21-10-6-8-12-23(21)29-25(17)27/h5-13,18-19,24H,3-4,14-15H2,1-2H3. The number of anilines is 2. The quantitative estimate of drug-likeness (QED) is 0.527. The first-order chi connectivity index (χ1) is 14.3. The Morgan fingerprint density at radius 1 is 0.897 bits per heavy atom. The summed E-state index contributed by atoms with van der Waals surface area (Å²) < 4.78 is 0. The zero-order valence-corrected chi connectivity index (χ0v) is 18.6. The van der Waals surface area contributed by atoms with Crippen LogP contribution in [0.5, 0.6) is 0 Å². The molecule has 0 N–H and O–H groups in total. The minimum atomic E-state index is 0.480. The third-order valence-electron chi connectivity index (χ3n) is 6.76. The van der Waals surface area contributed by atoms with Crippen molar-refractivity contribution in [2.45, 2.75) is 66.8 Å². The van der Waals surface area contributed by atoms with Gasteiger partial charge in [-0.15, -0.1) is 0 Å². The van der Waals surface area contributed by atoms with Crippen LogP contribution in [0.3, 0.4) is 0 Å². The van der Waals surface area contributed by atoms with Crippen LogP contribution in [0.4, 0.5) is 11.4 Å². The lowest BCUT2D eigenvalue weighted by molar-refractivity contribution is 0.650. The first kappa shape index (κ1) is 18.0. The zero-order valence-electron chi connectivity index (χ0n) is 17.0. The lowest BCUT2D eigenvalue weighted by atomic mass is 10.0. The zero-order chi connectivity index (χ0) is 19.5. The molecule has 0 amide bonds. The number of allylic oxidation sites excluding steroid dienone is 1. The maximum atomic E-state index is 2.69. The van der Waals surface area contributed by atoms with Crippen molar-refractivity contribution in [3.05, 3.63) is 70.8 Å². The Hall–Kier alpha value is -1.78. The van der Waals surface area contributed by atoms with Gasteiger partial charge in [0.1, 0.15) is 5.37 Å². The van der Waals surface area contributed by atoms with Crippen LogP contribution in [0.1, 0.15) is 39.5 Å². The number of para-hydroxylation sites is 2. The summed E-state index contributed by atoms with van der Waals surface area (Å²) in [6, 6.07) is 19.1. The molecule has 4 heterocycles. The fourth-order valence-electron chi connectivity index (χ4n) is 5.35. The number of hydrogen-bond acceptors (Lipinski definition) is 4. The van der Waals surface area contributed by atoms with E-state index in [1.165, 1.54) is 51.9 Å². The van der Waals surface area contributed by atoms with E-state index in [1.807, 2.05) is 11.8 Å². The van der Waals surface area contributed by atoms with E-state index in [1.54, 1.807) is 11.1 Å². The van der Waals surface area contributed by atoms with Crippen molar-refractivity contribution < 1.29 is 0 Å². The summed E-state index contributed by atoms with van der Waals surface area (Å²) in [6.07, 6.45) is 7.37. The second-order valence-corrected chi connectivity index (χ2v) is 10.5. The van der Waals surface area contributed by atoms with Gasteiger partial charge in [0.05, 0.1) is 16.4 Å². The van der Waals surface area contributed by atoms with Crippen LogP contribution in [-0.4, -0.2) is 17.5 Å². The molecule has 29 heavy (non-hydrogen) atoms. The van der Waals surface area contributed by atoms with Gasteiger partial charge in [0, 0.05) is 21.9 Å². The van der Waals surface area contributed by atoms with Gasteiger partial charge < -0.3 is 9.80 Å². The highest BCUT2D eigenvalue weighted by Crippen LogP contribution is 2.56. The number of nitrogens with zero attached hydrogens (tertiary/aromatic N) is 2. The van der Waals surface area contributed by atoms with Crippen LogP contribution >= 0.6 is 23.5 Å². The molecule has 4 aliphatic heterocycles. The number of benzene rings is 2. The predicted molar refractivity (Wildman–Crippen MR) is 126 cm³/mol. The monoisotopic (exact) mass is 418 g/mol. The van der Waals surface area contributed by atoms with Crippen LogP contribution in [-0.2, 0) is 0 Å². The van der Waals surface area contributed by atoms with Gasteiger partial charge in [-0.25, -0.2) is 0 Å². The average Bonchev–Trinajstić information content (AvgIpc) is 3.48. The summed E-state index contributed by atoms with van der Waals surface area (Å²) >= 11 is 4.03. The molecule has 0 radical (unpaired) electrons. The number of hydrogen-bond donors (Lipinski definition) is 0. The lowest BCUT2D eigenvalue weighted by Gasteiger charge is -2.25. The van der Waals surface area contributed by atoms with E-state index < -0.39 is 0 Å². The van der Waals surface area contributed by atoms with Crippen molar-refractivity contribution in [1.29, 1.82) is 0 Å². The van der Waals surface area contributed by atoms with E-state index >= 15 is 0 Å². The number of fused-ring (bicyclic) bond motifs is 6. The predicted octanol–water partition coefficient (Wildman–Crippen LogP) is 7.04. The van der Waals surface area contributed by atoms with E-state index in [4.69, 9.17) is 0 Å². The van der Waals surface area contributed by atoms with E-state index in [9.17, 15) is 0 Å². The van der Waals surface area contributed by atoms with Crippen LogP contribution in [0, 0.1) is 0 Å². The van der Waals surface area contributed by atoms with Crippen LogP contribution < -0.4 is 9.80 Å². The van der Waals surface area contributed by atoms with Crippen molar-refractivity contribution >= 4 is 34.9 Å². The third-order valence-corrected chi connectivity index (χ3v) is 9.33. The highest BCUT2D eigenvalue weighted by atomic mass is 32.2.